The van der Waals surface area contributed by atoms with E-state index in [9.17, 15) is 4.79 Å². The van der Waals surface area contributed by atoms with Gasteiger partial charge in [-0.3, -0.25) is 0 Å². The number of carbonyl (C=O) groups excluding carboxylic acids is 1. The second-order valence-corrected chi connectivity index (χ2v) is 5.72. The Balaban J connectivity index is 2.09. The van der Waals surface area contributed by atoms with Crippen LogP contribution in [0.5, 0.6) is 0 Å². The van der Waals surface area contributed by atoms with Crippen molar-refractivity contribution in [1.29, 1.82) is 0 Å². The summed E-state index contributed by atoms with van der Waals surface area (Å²) in [6.45, 7) is 0. The molecule has 7 heteroatoms. The second kappa shape index (κ2) is 5.09. The van der Waals surface area contributed by atoms with Crippen molar-refractivity contribution in [2.75, 3.05) is 7.11 Å². The number of nitrogens with zero attached hydrogens (tertiary/aromatic N) is 1. The molecule has 102 valence electrons. The quantitative estimate of drug-likeness (QED) is 0.643. The van der Waals surface area contributed by atoms with E-state index in [1.54, 1.807) is 24.3 Å². The van der Waals surface area contributed by atoms with Crippen molar-refractivity contribution in [1.82, 2.24) is 4.98 Å². The van der Waals surface area contributed by atoms with E-state index >= 15 is 0 Å². The van der Waals surface area contributed by atoms with E-state index in [-0.39, 0.29) is 10.0 Å². The van der Waals surface area contributed by atoms with Gasteiger partial charge < -0.3 is 9.15 Å². The molecule has 2 heterocycles. The Hall–Kier alpha value is -1.56. The molecule has 0 fully saturated rings. The van der Waals surface area contributed by atoms with Gasteiger partial charge in [0.25, 0.3) is 0 Å². The number of thiazole rings is 1. The average Bonchev–Trinajstić information content (AvgIpc) is 3.00. The number of ether oxygens (including phenoxy) is 1. The highest BCUT2D eigenvalue weighted by Gasteiger charge is 2.20. The van der Waals surface area contributed by atoms with Gasteiger partial charge in [-0.05, 0) is 24.3 Å². The molecule has 0 aliphatic carbocycles. The van der Waals surface area contributed by atoms with Gasteiger partial charge >= 0.3 is 5.97 Å². The highest BCUT2D eigenvalue weighted by molar-refractivity contribution is 7.17. The fourth-order valence-corrected chi connectivity index (χ4v) is 3.08. The summed E-state index contributed by atoms with van der Waals surface area (Å²) in [4.78, 5) is 15.9. The van der Waals surface area contributed by atoms with Crippen molar-refractivity contribution < 1.29 is 13.9 Å². The van der Waals surface area contributed by atoms with Crippen LogP contribution in [0.3, 0.4) is 0 Å². The van der Waals surface area contributed by atoms with Crippen LogP contribution in [0.2, 0.25) is 10.2 Å². The Morgan fingerprint density at radius 1 is 1.35 bits per heavy atom. The van der Waals surface area contributed by atoms with Crippen molar-refractivity contribution in [3.8, 4) is 10.8 Å². The third-order valence-electron chi connectivity index (χ3n) is 2.65. The highest BCUT2D eigenvalue weighted by Crippen LogP contribution is 2.35. The second-order valence-electron chi connectivity index (χ2n) is 3.92. The average molecular weight is 328 g/mol. The van der Waals surface area contributed by atoms with Crippen LogP contribution in [0.4, 0.5) is 0 Å². The lowest BCUT2D eigenvalue weighted by atomic mass is 10.2. The van der Waals surface area contributed by atoms with Crippen molar-refractivity contribution in [3.05, 3.63) is 39.3 Å². The van der Waals surface area contributed by atoms with Gasteiger partial charge in [0, 0.05) is 10.4 Å². The van der Waals surface area contributed by atoms with Crippen LogP contribution in [-0.2, 0) is 4.74 Å². The van der Waals surface area contributed by atoms with Crippen LogP contribution in [0, 0.1) is 0 Å². The van der Waals surface area contributed by atoms with Crippen molar-refractivity contribution in [2.24, 2.45) is 0 Å². The Bertz CT molecular complexity index is 809. The fourth-order valence-electron chi connectivity index (χ4n) is 1.75. The number of carbonyl (C=O) groups is 1. The number of esters is 1. The van der Waals surface area contributed by atoms with Gasteiger partial charge in [0.1, 0.15) is 5.58 Å². The first-order chi connectivity index (χ1) is 9.58. The summed E-state index contributed by atoms with van der Waals surface area (Å²) < 4.78 is 10.3. The summed E-state index contributed by atoms with van der Waals surface area (Å²) in [5.74, 6) is 0.0159. The lowest BCUT2D eigenvalue weighted by Crippen LogP contribution is -1.98. The minimum atomic E-state index is -0.516. The van der Waals surface area contributed by atoms with Crippen LogP contribution in [-0.4, -0.2) is 18.1 Å². The molecule has 0 spiro atoms. The number of hydrogen-bond acceptors (Lipinski definition) is 5. The maximum Gasteiger partial charge on any atom is 0.351 e. The molecule has 0 saturated carbocycles. The van der Waals surface area contributed by atoms with Crippen molar-refractivity contribution in [2.45, 2.75) is 0 Å². The van der Waals surface area contributed by atoms with Crippen LogP contribution < -0.4 is 0 Å². The summed E-state index contributed by atoms with van der Waals surface area (Å²) in [5.41, 5.74) is 0.690. The maximum atomic E-state index is 11.5. The molecule has 0 bridgehead atoms. The number of halogens is 2. The van der Waals surface area contributed by atoms with Crippen LogP contribution >= 0.6 is 34.5 Å². The standard InChI is InChI=1S/C13H7Cl2NO3S/c1-18-13(17)10-11(15)16-12(20-10)9-5-6-4-7(14)2-3-8(6)19-9/h2-5H,1H3. The molecule has 0 unspecified atom stereocenters. The van der Waals surface area contributed by atoms with Gasteiger partial charge in [0.2, 0.25) is 0 Å². The Morgan fingerprint density at radius 3 is 2.90 bits per heavy atom. The molecule has 20 heavy (non-hydrogen) atoms. The van der Waals surface area contributed by atoms with E-state index in [0.29, 0.717) is 21.4 Å². The van der Waals surface area contributed by atoms with Crippen molar-refractivity contribution in [3.63, 3.8) is 0 Å². The first kappa shape index (κ1) is 13.4. The number of hydrogen-bond donors (Lipinski definition) is 0. The van der Waals surface area contributed by atoms with E-state index in [4.69, 9.17) is 27.6 Å². The van der Waals surface area contributed by atoms with Crippen LogP contribution in [0.1, 0.15) is 9.67 Å². The van der Waals surface area contributed by atoms with Gasteiger partial charge in [-0.1, -0.05) is 23.2 Å². The van der Waals surface area contributed by atoms with Gasteiger partial charge in [0.15, 0.2) is 20.8 Å². The van der Waals surface area contributed by atoms with E-state index in [2.05, 4.69) is 9.72 Å². The number of furan rings is 1. The fraction of sp³-hybridized carbons (Fsp3) is 0.0769. The SMILES string of the molecule is COC(=O)c1sc(-c2cc3cc(Cl)ccc3o2)nc1Cl. The van der Waals surface area contributed by atoms with Crippen LogP contribution in [0.25, 0.3) is 21.7 Å². The van der Waals surface area contributed by atoms with E-state index < -0.39 is 5.97 Å². The predicted molar refractivity (Wildman–Crippen MR) is 78.7 cm³/mol. The summed E-state index contributed by atoms with van der Waals surface area (Å²) in [7, 11) is 1.29. The maximum absolute atomic E-state index is 11.5. The van der Waals surface area contributed by atoms with Gasteiger partial charge in [-0.15, -0.1) is 11.3 Å². The van der Waals surface area contributed by atoms with E-state index in [1.807, 2.05) is 0 Å². The molecule has 0 radical (unpaired) electrons. The third-order valence-corrected chi connectivity index (χ3v) is 4.32. The molecule has 0 amide bonds. The van der Waals surface area contributed by atoms with Gasteiger partial charge in [0.05, 0.1) is 7.11 Å². The molecule has 0 N–H and O–H groups in total. The number of methoxy groups -OCH3 is 1. The molecular weight excluding hydrogens is 321 g/mol. The zero-order valence-electron chi connectivity index (χ0n) is 10.1. The number of fused-ring (bicyclic) bond motifs is 1. The first-order valence-corrected chi connectivity index (χ1v) is 7.10. The topological polar surface area (TPSA) is 52.3 Å². The van der Waals surface area contributed by atoms with Gasteiger partial charge in [-0.25, -0.2) is 9.78 Å². The zero-order valence-corrected chi connectivity index (χ0v) is 12.5. The summed E-state index contributed by atoms with van der Waals surface area (Å²) >= 11 is 13.0. The number of benzene rings is 1. The minimum absolute atomic E-state index is 0.107. The molecule has 2 aromatic heterocycles. The Morgan fingerprint density at radius 2 is 2.15 bits per heavy atom. The van der Waals surface area contributed by atoms with Gasteiger partial charge in [-0.2, -0.15) is 0 Å². The number of rotatable bonds is 2. The highest BCUT2D eigenvalue weighted by atomic mass is 35.5. The first-order valence-electron chi connectivity index (χ1n) is 5.52. The third kappa shape index (κ3) is 2.28. The molecule has 3 aromatic rings. The van der Waals surface area contributed by atoms with E-state index in [0.717, 1.165) is 16.7 Å². The lowest BCUT2D eigenvalue weighted by molar-refractivity contribution is 0.0606. The summed E-state index contributed by atoms with van der Waals surface area (Å²) in [5, 5.41) is 2.11. The van der Waals surface area contributed by atoms with Crippen LogP contribution in [0.15, 0.2) is 28.7 Å². The number of aromatic nitrogens is 1. The monoisotopic (exact) mass is 327 g/mol. The molecule has 3 rings (SSSR count). The summed E-state index contributed by atoms with van der Waals surface area (Å²) in [6.07, 6.45) is 0. The Kier molecular flexibility index (Phi) is 3.41. The predicted octanol–water partition coefficient (Wildman–Crippen LogP) is 4.65. The molecule has 0 aliphatic rings. The molecular formula is C13H7Cl2NO3S. The molecule has 4 nitrogen and oxygen atoms in total. The lowest BCUT2D eigenvalue weighted by Gasteiger charge is -1.92. The van der Waals surface area contributed by atoms with Crippen molar-refractivity contribution >= 4 is 51.5 Å². The zero-order chi connectivity index (χ0) is 14.3. The minimum Gasteiger partial charge on any atom is -0.465 e. The molecule has 0 atom stereocenters. The smallest absolute Gasteiger partial charge is 0.351 e. The Labute approximate surface area is 127 Å². The normalized spacial score (nSPS) is 10.9. The van der Waals surface area contributed by atoms with E-state index in [1.165, 1.54) is 7.11 Å². The summed E-state index contributed by atoms with van der Waals surface area (Å²) in [6, 6.07) is 7.11. The molecule has 0 saturated heterocycles. The largest absolute Gasteiger partial charge is 0.465 e. The molecule has 1 aromatic carbocycles. The molecule has 0 aliphatic heterocycles.